The summed E-state index contributed by atoms with van der Waals surface area (Å²) in [5.41, 5.74) is 0. The summed E-state index contributed by atoms with van der Waals surface area (Å²) >= 11 is -0.283. The van der Waals surface area contributed by atoms with Crippen molar-refractivity contribution < 1.29 is 22.9 Å². The van der Waals surface area contributed by atoms with E-state index in [-0.39, 0.29) is 22.9 Å². The van der Waals surface area contributed by atoms with Crippen LogP contribution in [0, 0.1) is 0 Å². The fourth-order valence-corrected chi connectivity index (χ4v) is 6.79. The van der Waals surface area contributed by atoms with Gasteiger partial charge in [0.15, 0.2) is 0 Å². The molecule has 0 bridgehead atoms. The molecule has 3 heteroatoms. The van der Waals surface area contributed by atoms with Crippen molar-refractivity contribution in [2.24, 2.45) is 0 Å². The molecule has 0 radical (unpaired) electrons. The molecular weight excluding hydrogens is 483 g/mol. The van der Waals surface area contributed by atoms with E-state index in [1.54, 1.807) is 4.18 Å². The van der Waals surface area contributed by atoms with E-state index in [2.05, 4.69) is 62.8 Å². The molecule has 0 spiro atoms. The van der Waals surface area contributed by atoms with Gasteiger partial charge in [0.05, 0.1) is 0 Å². The molecule has 0 saturated carbocycles. The van der Waals surface area contributed by atoms with E-state index < -0.39 is 0 Å². The van der Waals surface area contributed by atoms with E-state index in [0.717, 1.165) is 51.9 Å². The van der Waals surface area contributed by atoms with Crippen LogP contribution in [0.2, 0.25) is 4.18 Å². The van der Waals surface area contributed by atoms with Gasteiger partial charge in [0.1, 0.15) is 0 Å². The van der Waals surface area contributed by atoms with Gasteiger partial charge in [-0.1, -0.05) is 38.8 Å². The first-order valence-corrected chi connectivity index (χ1v) is 14.7. The van der Waals surface area contributed by atoms with E-state index >= 15 is 0 Å². The number of rotatable bonds is 14. The molecule has 0 atom stereocenters. The van der Waals surface area contributed by atoms with Gasteiger partial charge < -0.3 is 10.6 Å². The third-order valence-electron chi connectivity index (χ3n) is 3.55. The standard InChI is InChI=1S/2C7H14N.C5H5.C4H9.Hf/c2*1-3-5-6-7-8-4-2;1-2-4-5-3-1;1-3-4-2;/h2*3H,1,4-7H2,2H3;1-3H,4H2;1,3-4H2,2H3;/q2*-1;;;+2. The molecule has 1 aliphatic carbocycles. The van der Waals surface area contributed by atoms with E-state index in [4.69, 9.17) is 0 Å². The van der Waals surface area contributed by atoms with Crippen molar-refractivity contribution in [3.8, 4) is 0 Å². The Bertz CT molecular complexity index is 332. The average Bonchev–Trinajstić information content (AvgIpc) is 3.17. The first kappa shape index (κ1) is 28.0. The molecular formula is C23H42HfN2. The SMILES string of the molecule is C=CCCC[N-]CC.C=CCCC[N-]CC.CCC[CH2][Hf+2][C]1=CC=CC1. The molecule has 26 heavy (non-hydrogen) atoms. The van der Waals surface area contributed by atoms with E-state index in [9.17, 15) is 0 Å². The first-order valence-electron chi connectivity index (χ1n) is 10.3. The minimum atomic E-state index is -0.283. The van der Waals surface area contributed by atoms with Crippen LogP contribution in [0.3, 0.4) is 0 Å². The molecule has 0 heterocycles. The summed E-state index contributed by atoms with van der Waals surface area (Å²) in [5.74, 6) is 0. The van der Waals surface area contributed by atoms with Crippen LogP contribution in [-0.2, 0) is 22.9 Å². The zero-order chi connectivity index (χ0) is 19.7. The number of allylic oxidation sites excluding steroid dienone is 6. The van der Waals surface area contributed by atoms with Crippen LogP contribution < -0.4 is 0 Å². The van der Waals surface area contributed by atoms with Gasteiger partial charge in [-0.25, -0.2) is 0 Å². The van der Waals surface area contributed by atoms with Crippen molar-refractivity contribution in [2.75, 3.05) is 26.2 Å². The topological polar surface area (TPSA) is 28.2 Å². The zero-order valence-electron chi connectivity index (χ0n) is 17.7. The molecule has 0 unspecified atom stereocenters. The third kappa shape index (κ3) is 26.0. The fourth-order valence-electron chi connectivity index (χ4n) is 2.02. The van der Waals surface area contributed by atoms with Gasteiger partial charge in [0.2, 0.25) is 0 Å². The van der Waals surface area contributed by atoms with Crippen molar-refractivity contribution in [3.63, 3.8) is 0 Å². The second kappa shape index (κ2) is 27.0. The number of nitrogens with zero attached hydrogens (tertiary/aromatic N) is 2. The van der Waals surface area contributed by atoms with Crippen molar-refractivity contribution >= 4 is 0 Å². The van der Waals surface area contributed by atoms with Crippen LogP contribution in [0.1, 0.15) is 65.7 Å². The molecule has 0 aromatic heterocycles. The summed E-state index contributed by atoms with van der Waals surface area (Å²) in [7, 11) is 0. The Kier molecular flexibility index (Phi) is 29.0. The monoisotopic (exact) mass is 526 g/mol. The molecule has 0 fully saturated rings. The van der Waals surface area contributed by atoms with Crippen LogP contribution in [0.4, 0.5) is 0 Å². The Morgan fingerprint density at radius 2 is 1.54 bits per heavy atom. The normalized spacial score (nSPS) is 11.4. The van der Waals surface area contributed by atoms with Crippen molar-refractivity contribution in [2.45, 2.75) is 69.9 Å². The molecule has 1 rings (SSSR count). The maximum atomic E-state index is 4.16. The molecule has 148 valence electrons. The molecule has 0 amide bonds. The molecule has 0 aliphatic heterocycles. The first-order chi connectivity index (χ1) is 12.8. The fraction of sp³-hybridized carbons (Fsp3) is 0.652. The molecule has 0 aromatic carbocycles. The Morgan fingerprint density at radius 3 is 1.92 bits per heavy atom. The van der Waals surface area contributed by atoms with Gasteiger partial charge in [0, 0.05) is 0 Å². The Balaban J connectivity index is 0. The van der Waals surface area contributed by atoms with Crippen LogP contribution in [-0.4, -0.2) is 26.2 Å². The molecule has 0 N–H and O–H groups in total. The molecule has 1 aliphatic rings. The predicted molar refractivity (Wildman–Crippen MR) is 118 cm³/mol. The molecule has 2 nitrogen and oxygen atoms in total. The summed E-state index contributed by atoms with van der Waals surface area (Å²) in [6, 6.07) is 0. The second-order valence-electron chi connectivity index (χ2n) is 5.99. The average molecular weight is 525 g/mol. The Morgan fingerprint density at radius 1 is 0.962 bits per heavy atom. The van der Waals surface area contributed by atoms with E-state index in [0.29, 0.717) is 0 Å². The number of unbranched alkanes of at least 4 members (excludes halogenated alkanes) is 3. The van der Waals surface area contributed by atoms with Gasteiger partial charge >= 0.3 is 74.8 Å². The van der Waals surface area contributed by atoms with Crippen LogP contribution in [0.25, 0.3) is 10.6 Å². The van der Waals surface area contributed by atoms with Crippen molar-refractivity contribution in [3.05, 3.63) is 57.5 Å². The van der Waals surface area contributed by atoms with Crippen molar-refractivity contribution in [1.29, 1.82) is 0 Å². The minimum absolute atomic E-state index is 0.283. The summed E-state index contributed by atoms with van der Waals surface area (Å²) < 4.78 is 3.39. The van der Waals surface area contributed by atoms with Gasteiger partial charge in [-0.2, -0.15) is 13.1 Å². The summed E-state index contributed by atoms with van der Waals surface area (Å²) in [4.78, 5) is 0. The summed E-state index contributed by atoms with van der Waals surface area (Å²) in [5, 5.41) is 8.32. The summed E-state index contributed by atoms with van der Waals surface area (Å²) in [6.07, 6.45) is 19.4. The van der Waals surface area contributed by atoms with Gasteiger partial charge in [-0.05, 0) is 12.8 Å². The zero-order valence-corrected chi connectivity index (χ0v) is 21.3. The number of hydrogen-bond acceptors (Lipinski definition) is 0. The van der Waals surface area contributed by atoms with Gasteiger partial charge in [0.25, 0.3) is 0 Å². The third-order valence-corrected chi connectivity index (χ3v) is 8.68. The predicted octanol–water partition coefficient (Wildman–Crippen LogP) is 7.82. The van der Waals surface area contributed by atoms with E-state index in [1.165, 1.54) is 19.3 Å². The van der Waals surface area contributed by atoms with Gasteiger partial charge in [-0.15, -0.1) is 26.2 Å². The second-order valence-corrected chi connectivity index (χ2v) is 11.4. The Hall–Kier alpha value is -0.250. The van der Waals surface area contributed by atoms with Gasteiger partial charge in [-0.3, -0.25) is 0 Å². The quantitative estimate of drug-likeness (QED) is 0.126. The number of hydrogen-bond donors (Lipinski definition) is 0. The van der Waals surface area contributed by atoms with Crippen molar-refractivity contribution in [1.82, 2.24) is 0 Å². The Labute approximate surface area is 176 Å². The van der Waals surface area contributed by atoms with Crippen LogP contribution >= 0.6 is 0 Å². The maximum absolute atomic E-state index is 4.16. The summed E-state index contributed by atoms with van der Waals surface area (Å²) in [6.45, 7) is 17.6. The van der Waals surface area contributed by atoms with Crippen LogP contribution in [0.15, 0.2) is 46.9 Å². The molecule has 0 aromatic rings. The van der Waals surface area contributed by atoms with E-state index in [1.807, 2.05) is 15.5 Å². The van der Waals surface area contributed by atoms with Crippen LogP contribution in [0.5, 0.6) is 0 Å². The molecule has 0 saturated heterocycles.